The molecule has 1 fully saturated rings. The third-order valence-corrected chi connectivity index (χ3v) is 6.83. The Morgan fingerprint density at radius 3 is 2.72 bits per heavy atom. The van der Waals surface area contributed by atoms with Crippen molar-refractivity contribution in [2.75, 3.05) is 44.0 Å². The van der Waals surface area contributed by atoms with E-state index < -0.39 is 0 Å². The van der Waals surface area contributed by atoms with E-state index >= 15 is 0 Å². The Kier molecular flexibility index (Phi) is 8.02. The first-order valence-electron chi connectivity index (χ1n) is 13.1. The van der Waals surface area contributed by atoms with Crippen molar-refractivity contribution in [3.63, 3.8) is 0 Å². The van der Waals surface area contributed by atoms with Crippen LogP contribution in [-0.2, 0) is 11.8 Å². The van der Waals surface area contributed by atoms with Gasteiger partial charge in [-0.2, -0.15) is 5.10 Å². The van der Waals surface area contributed by atoms with Crippen LogP contribution >= 0.6 is 0 Å². The van der Waals surface area contributed by atoms with Crippen LogP contribution in [0.15, 0.2) is 61.6 Å². The molecule has 0 saturated carbocycles. The van der Waals surface area contributed by atoms with Crippen LogP contribution in [0.5, 0.6) is 11.5 Å². The zero-order chi connectivity index (χ0) is 27.2. The Bertz CT molecular complexity index is 1480. The number of benzene rings is 2. The summed E-state index contributed by atoms with van der Waals surface area (Å²) in [6.45, 7) is 7.08. The van der Waals surface area contributed by atoms with Gasteiger partial charge in [-0.3, -0.25) is 14.4 Å². The average Bonchev–Trinajstić information content (AvgIpc) is 3.34. The van der Waals surface area contributed by atoms with Crippen LogP contribution in [0.25, 0.3) is 22.2 Å². The number of anilines is 3. The average molecular weight is 528 g/mol. The molecule has 10 heteroatoms. The van der Waals surface area contributed by atoms with Gasteiger partial charge in [0.2, 0.25) is 5.91 Å². The van der Waals surface area contributed by atoms with E-state index in [4.69, 9.17) is 9.47 Å². The van der Waals surface area contributed by atoms with Crippen molar-refractivity contribution < 1.29 is 14.3 Å². The first-order valence-corrected chi connectivity index (χ1v) is 13.1. The molecule has 3 heterocycles. The Morgan fingerprint density at radius 2 is 1.92 bits per heavy atom. The zero-order valence-corrected chi connectivity index (χ0v) is 22.3. The molecule has 0 bridgehead atoms. The number of ether oxygens (including phenoxy) is 2. The van der Waals surface area contributed by atoms with E-state index in [9.17, 15) is 4.79 Å². The van der Waals surface area contributed by atoms with E-state index in [0.29, 0.717) is 35.3 Å². The summed E-state index contributed by atoms with van der Waals surface area (Å²) in [5.74, 6) is 1.32. The van der Waals surface area contributed by atoms with Gasteiger partial charge in [0, 0.05) is 36.7 Å². The predicted molar refractivity (Wildman–Crippen MR) is 153 cm³/mol. The standard InChI is InChI=1S/C29H33N7O3/c1-4-29(37)34-24-15-23(26(38-3)17-27(24)39-13-12-36-10-6-5-7-11-36)33-28-16-22(30-19-31-28)20-8-9-25-21(14-20)18-32-35(25)2/h4,8-9,14-19H,1,5-7,10-13H2,2-3H3,(H,34,37)(H,30,31,33). The molecule has 4 aromatic rings. The van der Waals surface area contributed by atoms with Gasteiger partial charge in [-0.25, -0.2) is 9.97 Å². The number of aryl methyl sites for hydroxylation is 1. The maximum absolute atomic E-state index is 12.2. The minimum atomic E-state index is -0.331. The van der Waals surface area contributed by atoms with Crippen LogP contribution < -0.4 is 20.1 Å². The number of likely N-dealkylation sites (tertiary alicyclic amines) is 1. The normalized spacial score (nSPS) is 13.7. The molecule has 1 saturated heterocycles. The van der Waals surface area contributed by atoms with Crippen LogP contribution in [-0.4, -0.2) is 63.9 Å². The lowest BCUT2D eigenvalue weighted by Crippen LogP contribution is -2.33. The highest BCUT2D eigenvalue weighted by Crippen LogP contribution is 2.38. The maximum Gasteiger partial charge on any atom is 0.247 e. The zero-order valence-electron chi connectivity index (χ0n) is 22.3. The van der Waals surface area contributed by atoms with E-state index in [0.717, 1.165) is 41.8 Å². The molecule has 2 aromatic carbocycles. The summed E-state index contributed by atoms with van der Waals surface area (Å²) in [5.41, 5.74) is 3.88. The number of hydrogen-bond donors (Lipinski definition) is 2. The van der Waals surface area contributed by atoms with Crippen molar-refractivity contribution in [2.24, 2.45) is 7.05 Å². The van der Waals surface area contributed by atoms with Crippen molar-refractivity contribution in [1.82, 2.24) is 24.6 Å². The molecule has 0 radical (unpaired) electrons. The third kappa shape index (κ3) is 6.18. The molecule has 39 heavy (non-hydrogen) atoms. The maximum atomic E-state index is 12.2. The van der Waals surface area contributed by atoms with Crippen molar-refractivity contribution in [3.05, 3.63) is 61.6 Å². The second-order valence-corrected chi connectivity index (χ2v) is 9.45. The third-order valence-electron chi connectivity index (χ3n) is 6.83. The summed E-state index contributed by atoms with van der Waals surface area (Å²) in [5, 5.41) is 11.5. The lowest BCUT2D eigenvalue weighted by Gasteiger charge is -2.26. The molecule has 1 aliphatic heterocycles. The second-order valence-electron chi connectivity index (χ2n) is 9.45. The Balaban J connectivity index is 1.38. The van der Waals surface area contributed by atoms with E-state index in [-0.39, 0.29) is 5.91 Å². The van der Waals surface area contributed by atoms with Gasteiger partial charge in [-0.1, -0.05) is 19.1 Å². The molecular formula is C29H33N7O3. The summed E-state index contributed by atoms with van der Waals surface area (Å²) in [6.07, 6.45) is 8.30. The largest absolute Gasteiger partial charge is 0.494 e. The topological polar surface area (TPSA) is 106 Å². The minimum absolute atomic E-state index is 0.331. The fraction of sp³-hybridized carbons (Fsp3) is 0.310. The summed E-state index contributed by atoms with van der Waals surface area (Å²) >= 11 is 0. The number of carbonyl (C=O) groups excluding carboxylic acids is 1. The number of rotatable bonds is 10. The molecule has 0 spiro atoms. The van der Waals surface area contributed by atoms with Gasteiger partial charge in [0.1, 0.15) is 30.3 Å². The molecule has 1 aliphatic rings. The number of methoxy groups -OCH3 is 1. The molecule has 5 rings (SSSR count). The number of piperidine rings is 1. The van der Waals surface area contributed by atoms with Crippen LogP contribution in [0, 0.1) is 0 Å². The predicted octanol–water partition coefficient (Wildman–Crippen LogP) is 4.77. The first kappa shape index (κ1) is 26.2. The smallest absolute Gasteiger partial charge is 0.247 e. The van der Waals surface area contributed by atoms with Crippen LogP contribution in [0.3, 0.4) is 0 Å². The van der Waals surface area contributed by atoms with Crippen LogP contribution in [0.1, 0.15) is 19.3 Å². The van der Waals surface area contributed by atoms with Gasteiger partial charge in [-0.15, -0.1) is 0 Å². The molecule has 202 valence electrons. The Labute approximate surface area is 227 Å². The van der Waals surface area contributed by atoms with Crippen molar-refractivity contribution in [3.8, 4) is 22.8 Å². The van der Waals surface area contributed by atoms with Gasteiger partial charge in [0.15, 0.2) is 0 Å². The van der Waals surface area contributed by atoms with E-state index in [1.807, 2.05) is 42.2 Å². The van der Waals surface area contributed by atoms with E-state index in [1.54, 1.807) is 19.2 Å². The number of hydrogen-bond acceptors (Lipinski definition) is 8. The molecule has 2 N–H and O–H groups in total. The fourth-order valence-electron chi connectivity index (χ4n) is 4.74. The molecule has 1 amide bonds. The fourth-order valence-corrected chi connectivity index (χ4v) is 4.74. The number of fused-ring (bicyclic) bond motifs is 1. The SMILES string of the molecule is C=CC(=O)Nc1cc(Nc2cc(-c3ccc4c(cnn4C)c3)ncn2)c(OC)cc1OCCN1CCCCC1. The minimum Gasteiger partial charge on any atom is -0.494 e. The quantitative estimate of drug-likeness (QED) is 0.284. The van der Waals surface area contributed by atoms with Gasteiger partial charge in [-0.05, 0) is 50.2 Å². The van der Waals surface area contributed by atoms with Gasteiger partial charge >= 0.3 is 0 Å². The molecular weight excluding hydrogens is 494 g/mol. The summed E-state index contributed by atoms with van der Waals surface area (Å²) in [7, 11) is 3.51. The number of nitrogens with zero attached hydrogens (tertiary/aromatic N) is 5. The van der Waals surface area contributed by atoms with Gasteiger partial charge in [0.05, 0.1) is 35.9 Å². The lowest BCUT2D eigenvalue weighted by molar-refractivity contribution is -0.111. The molecule has 10 nitrogen and oxygen atoms in total. The number of aromatic nitrogens is 4. The first-order chi connectivity index (χ1) is 19.0. The highest BCUT2D eigenvalue weighted by atomic mass is 16.5. The van der Waals surface area contributed by atoms with Gasteiger partial charge in [0.25, 0.3) is 0 Å². The highest BCUT2D eigenvalue weighted by molar-refractivity contribution is 6.00. The van der Waals surface area contributed by atoms with Gasteiger partial charge < -0.3 is 20.1 Å². The lowest BCUT2D eigenvalue weighted by atomic mass is 10.1. The van der Waals surface area contributed by atoms with Crippen molar-refractivity contribution >= 4 is 34.0 Å². The summed E-state index contributed by atoms with van der Waals surface area (Å²) in [6, 6.07) is 11.5. The monoisotopic (exact) mass is 527 g/mol. The number of nitrogens with one attached hydrogen (secondary N) is 2. The summed E-state index contributed by atoms with van der Waals surface area (Å²) in [4.78, 5) is 23.5. The second kappa shape index (κ2) is 12.0. The van der Waals surface area contributed by atoms with E-state index in [1.165, 1.54) is 31.7 Å². The summed E-state index contributed by atoms with van der Waals surface area (Å²) < 4.78 is 13.6. The highest BCUT2D eigenvalue weighted by Gasteiger charge is 2.16. The molecule has 2 aromatic heterocycles. The van der Waals surface area contributed by atoms with E-state index in [2.05, 4.69) is 37.2 Å². The molecule has 0 atom stereocenters. The number of amides is 1. The Morgan fingerprint density at radius 1 is 1.08 bits per heavy atom. The molecule has 0 aliphatic carbocycles. The molecule has 0 unspecified atom stereocenters. The van der Waals surface area contributed by atoms with Crippen LogP contribution in [0.4, 0.5) is 17.2 Å². The van der Waals surface area contributed by atoms with Crippen molar-refractivity contribution in [1.29, 1.82) is 0 Å². The van der Waals surface area contributed by atoms with Crippen LogP contribution in [0.2, 0.25) is 0 Å². The number of carbonyl (C=O) groups is 1. The Hall–Kier alpha value is -4.44. The van der Waals surface area contributed by atoms with Crippen molar-refractivity contribution in [2.45, 2.75) is 19.3 Å².